The number of nitrogens with one attached hydrogen (secondary N) is 1. The van der Waals surface area contributed by atoms with Gasteiger partial charge in [-0.15, -0.1) is 0 Å². The van der Waals surface area contributed by atoms with Crippen LogP contribution in [0.15, 0.2) is 60.7 Å². The predicted molar refractivity (Wildman–Crippen MR) is 87.1 cm³/mol. The van der Waals surface area contributed by atoms with E-state index >= 15 is 0 Å². The standard InChI is InChI=1S/C19H25N/c1-16(2)13-14-20-15-19(17-9-5-3-6-10-17)18-11-7-4-8-12-18/h3-12,16,19-20H,13-15H2,1-2H3. The van der Waals surface area contributed by atoms with Gasteiger partial charge in [-0.1, -0.05) is 74.5 Å². The van der Waals surface area contributed by atoms with E-state index in [1.807, 2.05) is 0 Å². The lowest BCUT2D eigenvalue weighted by atomic mass is 9.91. The van der Waals surface area contributed by atoms with E-state index in [0.29, 0.717) is 5.92 Å². The van der Waals surface area contributed by atoms with E-state index in [0.717, 1.165) is 19.0 Å². The lowest BCUT2D eigenvalue weighted by molar-refractivity contribution is 0.528. The highest BCUT2D eigenvalue weighted by molar-refractivity contribution is 5.32. The van der Waals surface area contributed by atoms with Gasteiger partial charge in [0.05, 0.1) is 0 Å². The van der Waals surface area contributed by atoms with E-state index in [4.69, 9.17) is 0 Å². The third-order valence-electron chi connectivity index (χ3n) is 3.65. The Hall–Kier alpha value is -1.60. The summed E-state index contributed by atoms with van der Waals surface area (Å²) in [5, 5.41) is 3.61. The van der Waals surface area contributed by atoms with Crippen molar-refractivity contribution >= 4 is 0 Å². The minimum atomic E-state index is 0.435. The number of benzene rings is 2. The number of hydrogen-bond donors (Lipinski definition) is 1. The lowest BCUT2D eigenvalue weighted by Gasteiger charge is -2.19. The Morgan fingerprint density at radius 3 is 1.75 bits per heavy atom. The van der Waals surface area contributed by atoms with Gasteiger partial charge in [-0.2, -0.15) is 0 Å². The number of hydrogen-bond acceptors (Lipinski definition) is 1. The van der Waals surface area contributed by atoms with Crippen molar-refractivity contribution in [1.82, 2.24) is 5.32 Å². The molecule has 0 saturated carbocycles. The molecular formula is C19H25N. The van der Waals surface area contributed by atoms with Crippen molar-refractivity contribution in [3.8, 4) is 0 Å². The average molecular weight is 267 g/mol. The van der Waals surface area contributed by atoms with E-state index in [9.17, 15) is 0 Å². The topological polar surface area (TPSA) is 12.0 Å². The van der Waals surface area contributed by atoms with Gasteiger partial charge in [0.25, 0.3) is 0 Å². The van der Waals surface area contributed by atoms with Crippen LogP contribution < -0.4 is 5.32 Å². The lowest BCUT2D eigenvalue weighted by Crippen LogP contribution is -2.24. The van der Waals surface area contributed by atoms with Crippen LogP contribution in [0, 0.1) is 5.92 Å². The van der Waals surface area contributed by atoms with Crippen LogP contribution in [0.5, 0.6) is 0 Å². The minimum absolute atomic E-state index is 0.435. The molecule has 1 N–H and O–H groups in total. The van der Waals surface area contributed by atoms with Gasteiger partial charge in [0, 0.05) is 12.5 Å². The van der Waals surface area contributed by atoms with Gasteiger partial charge in [0.15, 0.2) is 0 Å². The van der Waals surface area contributed by atoms with Gasteiger partial charge in [0.1, 0.15) is 0 Å². The zero-order chi connectivity index (χ0) is 14.2. The zero-order valence-electron chi connectivity index (χ0n) is 12.5. The van der Waals surface area contributed by atoms with Gasteiger partial charge >= 0.3 is 0 Å². The van der Waals surface area contributed by atoms with Crippen molar-refractivity contribution < 1.29 is 0 Å². The van der Waals surface area contributed by atoms with Crippen molar-refractivity contribution in [2.45, 2.75) is 26.2 Å². The van der Waals surface area contributed by atoms with E-state index < -0.39 is 0 Å². The van der Waals surface area contributed by atoms with Crippen LogP contribution in [0.25, 0.3) is 0 Å². The Morgan fingerprint density at radius 1 is 0.800 bits per heavy atom. The van der Waals surface area contributed by atoms with Crippen LogP contribution in [0.1, 0.15) is 37.3 Å². The Labute approximate surface area is 123 Å². The third kappa shape index (κ3) is 4.50. The van der Waals surface area contributed by atoms with Crippen molar-refractivity contribution in [2.75, 3.05) is 13.1 Å². The molecular weight excluding hydrogens is 242 g/mol. The van der Waals surface area contributed by atoms with Gasteiger partial charge in [-0.3, -0.25) is 0 Å². The van der Waals surface area contributed by atoms with Crippen molar-refractivity contribution in [1.29, 1.82) is 0 Å². The summed E-state index contributed by atoms with van der Waals surface area (Å²) in [5.41, 5.74) is 2.77. The maximum atomic E-state index is 3.61. The van der Waals surface area contributed by atoms with Gasteiger partial charge < -0.3 is 5.32 Å². The molecule has 20 heavy (non-hydrogen) atoms. The molecule has 1 heteroatoms. The second-order valence-corrected chi connectivity index (χ2v) is 5.76. The second kappa shape index (κ2) is 7.86. The molecule has 106 valence electrons. The summed E-state index contributed by atoms with van der Waals surface area (Å²) in [6.07, 6.45) is 1.23. The summed E-state index contributed by atoms with van der Waals surface area (Å²) in [4.78, 5) is 0. The molecule has 0 fully saturated rings. The van der Waals surface area contributed by atoms with Crippen LogP contribution >= 0.6 is 0 Å². The zero-order valence-corrected chi connectivity index (χ0v) is 12.5. The molecule has 0 spiro atoms. The highest BCUT2D eigenvalue weighted by Crippen LogP contribution is 2.23. The highest BCUT2D eigenvalue weighted by Gasteiger charge is 2.13. The Kier molecular flexibility index (Phi) is 5.82. The molecule has 2 aromatic rings. The smallest absolute Gasteiger partial charge is 0.0214 e. The summed E-state index contributed by atoms with van der Waals surface area (Å²) in [6, 6.07) is 21.6. The predicted octanol–water partition coefficient (Wildman–Crippen LogP) is 4.45. The fourth-order valence-corrected chi connectivity index (χ4v) is 2.44. The van der Waals surface area contributed by atoms with Crippen LogP contribution in [0.2, 0.25) is 0 Å². The molecule has 0 heterocycles. The Bertz CT molecular complexity index is 436. The monoisotopic (exact) mass is 267 g/mol. The Balaban J connectivity index is 2.06. The maximum Gasteiger partial charge on any atom is 0.0214 e. The first-order valence-corrected chi connectivity index (χ1v) is 7.58. The normalized spacial score (nSPS) is 11.2. The summed E-state index contributed by atoms with van der Waals surface area (Å²) in [7, 11) is 0. The summed E-state index contributed by atoms with van der Waals surface area (Å²) in [6.45, 7) is 6.63. The SMILES string of the molecule is CC(C)CCNCC(c1ccccc1)c1ccccc1. The molecule has 0 unspecified atom stereocenters. The minimum Gasteiger partial charge on any atom is -0.316 e. The van der Waals surface area contributed by atoms with Crippen molar-refractivity contribution in [2.24, 2.45) is 5.92 Å². The van der Waals surface area contributed by atoms with Crippen molar-refractivity contribution in [3.63, 3.8) is 0 Å². The largest absolute Gasteiger partial charge is 0.316 e. The molecule has 0 aliphatic carbocycles. The molecule has 2 aromatic carbocycles. The molecule has 0 aliphatic heterocycles. The summed E-state index contributed by atoms with van der Waals surface area (Å²) in [5.74, 6) is 1.19. The molecule has 1 nitrogen and oxygen atoms in total. The fourth-order valence-electron chi connectivity index (χ4n) is 2.44. The fraction of sp³-hybridized carbons (Fsp3) is 0.368. The summed E-state index contributed by atoms with van der Waals surface area (Å²) >= 11 is 0. The first kappa shape index (κ1) is 14.8. The van der Waals surface area contributed by atoms with Crippen LogP contribution in [-0.4, -0.2) is 13.1 Å². The summed E-state index contributed by atoms with van der Waals surface area (Å²) < 4.78 is 0. The molecule has 0 radical (unpaired) electrons. The first-order chi connectivity index (χ1) is 9.77. The van der Waals surface area contributed by atoms with Crippen molar-refractivity contribution in [3.05, 3.63) is 71.8 Å². The molecule has 0 aromatic heterocycles. The molecule has 0 aliphatic rings. The average Bonchev–Trinajstić information content (AvgIpc) is 2.49. The third-order valence-corrected chi connectivity index (χ3v) is 3.65. The molecule has 0 saturated heterocycles. The van der Waals surface area contributed by atoms with Gasteiger partial charge in [-0.05, 0) is 30.0 Å². The quantitative estimate of drug-likeness (QED) is 0.731. The first-order valence-electron chi connectivity index (χ1n) is 7.58. The van der Waals surface area contributed by atoms with E-state index in [1.54, 1.807) is 0 Å². The van der Waals surface area contributed by atoms with Gasteiger partial charge in [0.2, 0.25) is 0 Å². The molecule has 0 amide bonds. The van der Waals surface area contributed by atoms with Crippen LogP contribution in [0.4, 0.5) is 0 Å². The highest BCUT2D eigenvalue weighted by atomic mass is 14.9. The van der Waals surface area contributed by atoms with Crippen LogP contribution in [0.3, 0.4) is 0 Å². The van der Waals surface area contributed by atoms with E-state index in [1.165, 1.54) is 17.5 Å². The second-order valence-electron chi connectivity index (χ2n) is 5.76. The number of rotatable bonds is 7. The Morgan fingerprint density at radius 2 is 1.30 bits per heavy atom. The van der Waals surface area contributed by atoms with E-state index in [2.05, 4.69) is 79.8 Å². The van der Waals surface area contributed by atoms with Crippen LogP contribution in [-0.2, 0) is 0 Å². The maximum absolute atomic E-state index is 3.61. The van der Waals surface area contributed by atoms with E-state index in [-0.39, 0.29) is 0 Å². The molecule has 0 bridgehead atoms. The van der Waals surface area contributed by atoms with Gasteiger partial charge in [-0.25, -0.2) is 0 Å². The molecule has 0 atom stereocenters. The molecule has 2 rings (SSSR count).